The zero-order chi connectivity index (χ0) is 21.8. The lowest BCUT2D eigenvalue weighted by molar-refractivity contribution is -0.129. The van der Waals surface area contributed by atoms with E-state index in [1.54, 1.807) is 48.9 Å². The Morgan fingerprint density at radius 3 is 2.71 bits per heavy atom. The molecule has 1 aromatic carbocycles. The number of halogens is 1. The highest BCUT2D eigenvalue weighted by Crippen LogP contribution is 2.38. The van der Waals surface area contributed by atoms with Crippen LogP contribution in [-0.2, 0) is 16.1 Å². The van der Waals surface area contributed by atoms with Crippen molar-refractivity contribution in [3.63, 3.8) is 0 Å². The summed E-state index contributed by atoms with van der Waals surface area (Å²) in [4.78, 5) is 31.4. The van der Waals surface area contributed by atoms with Crippen LogP contribution >= 0.6 is 11.6 Å². The summed E-state index contributed by atoms with van der Waals surface area (Å²) in [6.07, 6.45) is 10.2. The third-order valence-corrected chi connectivity index (χ3v) is 5.32. The lowest BCUT2D eigenvalue weighted by Gasteiger charge is -2.26. The molecule has 7 nitrogen and oxygen atoms in total. The molecular weight excluding hydrogens is 418 g/mol. The van der Waals surface area contributed by atoms with E-state index >= 15 is 0 Å². The largest absolute Gasteiger partial charge is 0.503 e. The first kappa shape index (κ1) is 20.7. The molecule has 1 aliphatic heterocycles. The Bertz CT molecular complexity index is 1120. The van der Waals surface area contributed by atoms with Crippen LogP contribution in [0.1, 0.15) is 23.8 Å². The Hall–Kier alpha value is -3.58. The average molecular weight is 438 g/mol. The first-order chi connectivity index (χ1) is 15.0. The fourth-order valence-electron chi connectivity index (χ4n) is 3.60. The number of aryl methyl sites for hydroxylation is 1. The molecule has 3 heterocycles. The number of amides is 1. The van der Waals surface area contributed by atoms with Gasteiger partial charge < -0.3 is 19.0 Å². The maximum Gasteiger partial charge on any atom is 0.290 e. The van der Waals surface area contributed by atoms with E-state index in [4.69, 9.17) is 16.0 Å². The number of aromatic nitrogens is 2. The summed E-state index contributed by atoms with van der Waals surface area (Å²) in [7, 11) is 0. The van der Waals surface area contributed by atoms with Gasteiger partial charge in [-0.3, -0.25) is 9.59 Å². The fraction of sp³-hybridized carbons (Fsp3) is 0.174. The van der Waals surface area contributed by atoms with Gasteiger partial charge in [-0.1, -0.05) is 23.7 Å². The molecule has 0 radical (unpaired) electrons. The minimum atomic E-state index is -0.707. The summed E-state index contributed by atoms with van der Waals surface area (Å²) in [6.45, 7) is 1.01. The van der Waals surface area contributed by atoms with Crippen LogP contribution in [0.15, 0.2) is 83.2 Å². The number of carbonyl (C=O) groups is 2. The van der Waals surface area contributed by atoms with Crippen molar-refractivity contribution in [2.75, 3.05) is 6.54 Å². The summed E-state index contributed by atoms with van der Waals surface area (Å²) < 4.78 is 7.12. The highest BCUT2D eigenvalue weighted by Gasteiger charge is 2.42. The second kappa shape index (κ2) is 9.06. The van der Waals surface area contributed by atoms with E-state index in [0.29, 0.717) is 35.9 Å². The van der Waals surface area contributed by atoms with Gasteiger partial charge in [-0.15, -0.1) is 0 Å². The average Bonchev–Trinajstić information content (AvgIpc) is 3.51. The molecule has 0 spiro atoms. The molecule has 3 aromatic rings. The molecule has 2 aromatic heterocycles. The lowest BCUT2D eigenvalue weighted by Crippen LogP contribution is -2.32. The Morgan fingerprint density at radius 2 is 2.03 bits per heavy atom. The van der Waals surface area contributed by atoms with Crippen LogP contribution < -0.4 is 0 Å². The second-order valence-corrected chi connectivity index (χ2v) is 7.52. The second-order valence-electron chi connectivity index (χ2n) is 7.08. The predicted molar refractivity (Wildman–Crippen MR) is 115 cm³/mol. The molecule has 1 atom stereocenters. The van der Waals surface area contributed by atoms with Crippen LogP contribution in [0, 0.1) is 0 Å². The van der Waals surface area contributed by atoms with Gasteiger partial charge in [0.25, 0.3) is 5.91 Å². The number of hydrogen-bond donors (Lipinski definition) is 1. The van der Waals surface area contributed by atoms with Gasteiger partial charge in [-0.25, -0.2) is 4.98 Å². The molecular formula is C23H20ClN3O4. The molecule has 0 bridgehead atoms. The third-order valence-electron chi connectivity index (χ3n) is 5.07. The predicted octanol–water partition coefficient (Wildman–Crippen LogP) is 4.20. The topological polar surface area (TPSA) is 88.6 Å². The molecule has 8 heteroatoms. The van der Waals surface area contributed by atoms with Crippen LogP contribution in [0.2, 0.25) is 5.02 Å². The number of benzene rings is 1. The van der Waals surface area contributed by atoms with Crippen molar-refractivity contribution < 1.29 is 19.1 Å². The molecule has 0 saturated heterocycles. The standard InChI is InChI=1S/C23H20ClN3O4/c24-17-6-4-16(5-7-17)21-20(19(28)9-8-18-3-1-14-31-18)22(29)23(30)27(21)12-2-11-26-13-10-25-15-26/h1,3-10,13-15,21,29H,2,11-12H2/b9-8+. The number of ketones is 1. The van der Waals surface area contributed by atoms with Crippen molar-refractivity contribution >= 4 is 29.4 Å². The van der Waals surface area contributed by atoms with Gasteiger partial charge >= 0.3 is 0 Å². The van der Waals surface area contributed by atoms with E-state index in [-0.39, 0.29) is 5.57 Å². The number of nitrogens with zero attached hydrogens (tertiary/aromatic N) is 3. The Kier molecular flexibility index (Phi) is 6.04. The van der Waals surface area contributed by atoms with Crippen LogP contribution in [0.25, 0.3) is 6.08 Å². The highest BCUT2D eigenvalue weighted by atomic mass is 35.5. The monoisotopic (exact) mass is 437 g/mol. The Labute approximate surface area is 183 Å². The molecule has 0 aliphatic carbocycles. The van der Waals surface area contributed by atoms with Gasteiger partial charge in [-0.05, 0) is 48.4 Å². The number of aliphatic hydroxyl groups is 1. The maximum atomic E-state index is 13.0. The molecule has 158 valence electrons. The van der Waals surface area contributed by atoms with E-state index in [0.717, 1.165) is 0 Å². The number of carbonyl (C=O) groups excluding carboxylic acids is 2. The minimum absolute atomic E-state index is 0.0396. The number of aliphatic hydroxyl groups excluding tert-OH is 1. The molecule has 0 saturated carbocycles. The minimum Gasteiger partial charge on any atom is -0.503 e. The molecule has 31 heavy (non-hydrogen) atoms. The number of imidazole rings is 1. The summed E-state index contributed by atoms with van der Waals surface area (Å²) in [5.41, 5.74) is 0.733. The van der Waals surface area contributed by atoms with Gasteiger partial charge in [-0.2, -0.15) is 0 Å². The smallest absolute Gasteiger partial charge is 0.290 e. The van der Waals surface area contributed by atoms with Crippen LogP contribution in [0.5, 0.6) is 0 Å². The van der Waals surface area contributed by atoms with Crippen molar-refractivity contribution in [2.45, 2.75) is 19.0 Å². The van der Waals surface area contributed by atoms with E-state index in [9.17, 15) is 14.7 Å². The van der Waals surface area contributed by atoms with Gasteiger partial charge in [0.15, 0.2) is 11.5 Å². The van der Waals surface area contributed by atoms with Gasteiger partial charge in [0.2, 0.25) is 0 Å². The first-order valence-corrected chi connectivity index (χ1v) is 10.1. The first-order valence-electron chi connectivity index (χ1n) is 9.76. The van der Waals surface area contributed by atoms with Crippen LogP contribution in [-0.4, -0.2) is 37.8 Å². The van der Waals surface area contributed by atoms with Crippen LogP contribution in [0.4, 0.5) is 0 Å². The summed E-state index contributed by atoms with van der Waals surface area (Å²) in [5, 5.41) is 11.1. The summed E-state index contributed by atoms with van der Waals surface area (Å²) in [5.74, 6) is -1.06. The number of allylic oxidation sites excluding steroid dienone is 1. The molecule has 4 rings (SSSR count). The van der Waals surface area contributed by atoms with E-state index < -0.39 is 23.5 Å². The van der Waals surface area contributed by atoms with Crippen molar-refractivity contribution in [1.29, 1.82) is 0 Å². The van der Waals surface area contributed by atoms with Gasteiger partial charge in [0.05, 0.1) is 24.2 Å². The molecule has 1 aliphatic rings. The third kappa shape index (κ3) is 4.46. The van der Waals surface area contributed by atoms with Gasteiger partial charge in [0, 0.05) is 30.5 Å². The van der Waals surface area contributed by atoms with Crippen molar-refractivity contribution in [1.82, 2.24) is 14.5 Å². The zero-order valence-corrected chi connectivity index (χ0v) is 17.3. The maximum absolute atomic E-state index is 13.0. The molecule has 0 fully saturated rings. The van der Waals surface area contributed by atoms with Crippen molar-refractivity contribution in [2.24, 2.45) is 0 Å². The quantitative estimate of drug-likeness (QED) is 0.533. The van der Waals surface area contributed by atoms with E-state index in [1.165, 1.54) is 23.3 Å². The molecule has 1 N–H and O–H groups in total. The Morgan fingerprint density at radius 1 is 1.23 bits per heavy atom. The van der Waals surface area contributed by atoms with Crippen molar-refractivity contribution in [3.8, 4) is 0 Å². The van der Waals surface area contributed by atoms with Gasteiger partial charge in [0.1, 0.15) is 5.76 Å². The number of furan rings is 1. The fourth-order valence-corrected chi connectivity index (χ4v) is 3.73. The molecule has 1 amide bonds. The lowest BCUT2D eigenvalue weighted by atomic mass is 9.95. The molecule has 1 unspecified atom stereocenters. The van der Waals surface area contributed by atoms with Crippen LogP contribution in [0.3, 0.4) is 0 Å². The zero-order valence-electron chi connectivity index (χ0n) is 16.5. The van der Waals surface area contributed by atoms with E-state index in [1.807, 2.05) is 10.8 Å². The van der Waals surface area contributed by atoms with E-state index in [2.05, 4.69) is 4.98 Å². The highest BCUT2D eigenvalue weighted by molar-refractivity contribution is 6.30. The SMILES string of the molecule is O=C(/C=C/c1ccco1)C1=C(O)C(=O)N(CCCn2ccnc2)C1c1ccc(Cl)cc1. The number of rotatable bonds is 8. The van der Waals surface area contributed by atoms with Crippen molar-refractivity contribution in [3.05, 3.63) is 95.1 Å². The number of hydrogen-bond acceptors (Lipinski definition) is 5. The summed E-state index contributed by atoms with van der Waals surface area (Å²) >= 11 is 6.02. The summed E-state index contributed by atoms with van der Waals surface area (Å²) in [6, 6.07) is 9.61. The Balaban J connectivity index is 1.61. The normalized spacial score (nSPS) is 16.6.